The monoisotopic (exact) mass is 567 g/mol. The Hall–Kier alpha value is -0.140. The number of halogens is 6. The van der Waals surface area contributed by atoms with Crippen molar-refractivity contribution in [3.05, 3.63) is 30.1 Å². The summed E-state index contributed by atoms with van der Waals surface area (Å²) in [6, 6.07) is 0.292. The summed E-state index contributed by atoms with van der Waals surface area (Å²) >= 11 is 29.0. The summed E-state index contributed by atoms with van der Waals surface area (Å²) in [4.78, 5) is 22.3. The normalized spacial score (nSPS) is 8.93. The van der Waals surface area contributed by atoms with E-state index in [-0.39, 0.29) is 57.7 Å². The molecule has 8 nitrogen and oxygen atoms in total. The van der Waals surface area contributed by atoms with Crippen molar-refractivity contribution in [1.29, 1.82) is 0 Å². The van der Waals surface area contributed by atoms with Crippen LogP contribution in [0.15, 0.2) is 0 Å². The van der Waals surface area contributed by atoms with Crippen molar-refractivity contribution in [3.63, 3.8) is 0 Å². The number of aromatic nitrogens is 2. The van der Waals surface area contributed by atoms with Crippen LogP contribution in [-0.2, 0) is 9.47 Å². The number of nitrogens with one attached hydrogen (secondary N) is 1. The first-order valence-electron chi connectivity index (χ1n) is 6.44. The first kappa shape index (κ1) is 33.5. The molecule has 2 rings (SSSR count). The Morgan fingerprint density at radius 3 is 1.66 bits per heavy atom. The maximum absolute atomic E-state index is 11.3. The summed E-state index contributed by atoms with van der Waals surface area (Å²) in [5.41, 5.74) is 4.92. The molecule has 0 aromatic carbocycles. The van der Waals surface area contributed by atoms with E-state index < -0.39 is 5.91 Å². The molecule has 0 aliphatic carbocycles. The number of hydrogen-bond acceptors (Lipinski definition) is 8. The highest BCUT2D eigenvalue weighted by molar-refractivity contribution is 7.09. The van der Waals surface area contributed by atoms with Crippen LogP contribution in [-0.4, -0.2) is 47.6 Å². The lowest BCUT2D eigenvalue weighted by molar-refractivity contribution is -0.0000240. The second-order valence-electron chi connectivity index (χ2n) is 3.93. The number of hydrogen-bond donors (Lipinski definition) is 2. The second kappa shape index (κ2) is 18.6. The van der Waals surface area contributed by atoms with Gasteiger partial charge in [-0.2, -0.15) is 8.75 Å². The van der Waals surface area contributed by atoms with Crippen LogP contribution < -0.4 is 23.5 Å². The van der Waals surface area contributed by atoms with Crippen LogP contribution in [0.1, 0.15) is 26.8 Å². The van der Waals surface area contributed by atoms with Gasteiger partial charge in [-0.15, -0.1) is 0 Å². The van der Waals surface area contributed by atoms with Crippen LogP contribution >= 0.6 is 81.1 Å². The minimum atomic E-state index is -0.602. The third-order valence-electron chi connectivity index (χ3n) is 2.11. The summed E-state index contributed by atoms with van der Waals surface area (Å²) in [6.45, 7) is 0.130. The van der Waals surface area contributed by atoms with Crippen molar-refractivity contribution < 1.29 is 31.5 Å². The molecule has 29 heavy (non-hydrogen) atoms. The minimum absolute atomic E-state index is 0. The van der Waals surface area contributed by atoms with E-state index in [0.717, 1.165) is 23.1 Å². The van der Waals surface area contributed by atoms with E-state index in [2.05, 4.69) is 23.5 Å². The fraction of sp³-hybridized carbons (Fsp3) is 0.385. The number of alkyl halides is 1. The number of amides is 2. The largest absolute Gasteiger partial charge is 1.00 e. The highest BCUT2D eigenvalue weighted by Gasteiger charge is 2.16. The summed E-state index contributed by atoms with van der Waals surface area (Å²) in [5.74, 6) is -0.939. The molecule has 2 heterocycles. The molecule has 0 aliphatic heterocycles. The van der Waals surface area contributed by atoms with Crippen molar-refractivity contribution in [2.24, 2.45) is 5.73 Å². The molecular weight excluding hydrogens is 553 g/mol. The van der Waals surface area contributed by atoms with Gasteiger partial charge in [-0.3, -0.25) is 9.59 Å². The molecule has 0 fully saturated rings. The van der Waals surface area contributed by atoms with E-state index in [0.29, 0.717) is 10.9 Å². The predicted octanol–water partition coefficient (Wildman–Crippen LogP) is 1.80. The average Bonchev–Trinajstić information content (AvgIpc) is 3.16. The molecule has 168 valence electrons. The zero-order valence-electron chi connectivity index (χ0n) is 14.1. The highest BCUT2D eigenvalue weighted by atomic mass is 35.5. The summed E-state index contributed by atoms with van der Waals surface area (Å²) < 4.78 is 16.3. The van der Waals surface area contributed by atoms with Gasteiger partial charge < -0.3 is 32.9 Å². The third-order valence-corrected chi connectivity index (χ3v) is 5.94. The highest BCUT2D eigenvalue weighted by Crippen LogP contribution is 2.28. The maximum atomic E-state index is 11.3. The van der Waals surface area contributed by atoms with Crippen molar-refractivity contribution >= 4 is 92.9 Å². The fourth-order valence-corrected chi connectivity index (χ4v) is 3.23. The van der Waals surface area contributed by atoms with Gasteiger partial charge in [0.15, 0.2) is 10.3 Å². The standard InChI is InChI=1S/C6H6Cl2N2O2S.C4H2Cl2N2OS.C2H5ClO.CH4.ClH/c1-12-2-9-6(11)4-3(7)5(8)10-13-4;5-1-2(4(7)9)10-8-3(1)6;1-4-2-3;;/h2H2,1H3,(H,9,11);(H2,7,9);2H2,1H3;1H4;1H/p-1. The van der Waals surface area contributed by atoms with Gasteiger partial charge in [-0.25, -0.2) is 0 Å². The Balaban J connectivity index is -0.000000379. The van der Waals surface area contributed by atoms with E-state index in [1.54, 1.807) is 7.11 Å². The third kappa shape index (κ3) is 12.3. The second-order valence-corrected chi connectivity index (χ2v) is 7.17. The molecular formula is C13H17Cl6N4O4S2-. The SMILES string of the molecule is C.COCCl.COCNC(=O)c1snc(Cl)c1Cl.NC(=O)c1snc(Cl)c1Cl.[Cl-]. The van der Waals surface area contributed by atoms with Crippen LogP contribution in [0, 0.1) is 0 Å². The average molecular weight is 570 g/mol. The van der Waals surface area contributed by atoms with Gasteiger partial charge in [0.05, 0.1) is 0 Å². The van der Waals surface area contributed by atoms with Crippen LogP contribution in [0.4, 0.5) is 0 Å². The number of methoxy groups -OCH3 is 2. The van der Waals surface area contributed by atoms with E-state index in [9.17, 15) is 9.59 Å². The quantitative estimate of drug-likeness (QED) is 0.419. The van der Waals surface area contributed by atoms with Gasteiger partial charge in [0.2, 0.25) is 0 Å². The number of carbonyl (C=O) groups excluding carboxylic acids is 2. The van der Waals surface area contributed by atoms with Crippen molar-refractivity contribution in [2.45, 2.75) is 7.43 Å². The van der Waals surface area contributed by atoms with Gasteiger partial charge in [0.25, 0.3) is 11.8 Å². The molecule has 2 aromatic heterocycles. The molecule has 0 saturated carbocycles. The van der Waals surface area contributed by atoms with E-state index in [1.807, 2.05) is 0 Å². The molecule has 0 unspecified atom stereocenters. The number of rotatable bonds is 5. The van der Waals surface area contributed by atoms with Gasteiger partial charge in [-0.1, -0.05) is 65.4 Å². The summed E-state index contributed by atoms with van der Waals surface area (Å²) in [7, 11) is 3.02. The number of nitrogens with two attached hydrogens (primary N) is 1. The van der Waals surface area contributed by atoms with Gasteiger partial charge in [-0.05, 0) is 23.1 Å². The number of carbonyl (C=O) groups is 2. The molecule has 0 atom stereocenters. The van der Waals surface area contributed by atoms with E-state index in [4.69, 9.17) is 63.7 Å². The molecule has 2 aromatic rings. The Labute approximate surface area is 207 Å². The summed E-state index contributed by atoms with van der Waals surface area (Å²) in [5, 5.41) is 3.06. The van der Waals surface area contributed by atoms with E-state index in [1.165, 1.54) is 7.11 Å². The zero-order chi connectivity index (χ0) is 21.0. The molecule has 0 bridgehead atoms. The van der Waals surface area contributed by atoms with Crippen LogP contribution in [0.5, 0.6) is 0 Å². The summed E-state index contributed by atoms with van der Waals surface area (Å²) in [6.07, 6.45) is 0. The Morgan fingerprint density at radius 2 is 1.41 bits per heavy atom. The van der Waals surface area contributed by atoms with Crippen LogP contribution in [0.3, 0.4) is 0 Å². The van der Waals surface area contributed by atoms with Gasteiger partial charge >= 0.3 is 0 Å². The minimum Gasteiger partial charge on any atom is -1.00 e. The Bertz CT molecular complexity index is 745. The Kier molecular flexibility index (Phi) is 21.5. The lowest BCUT2D eigenvalue weighted by atomic mass is 10.4. The topological polar surface area (TPSA) is 116 Å². The smallest absolute Gasteiger partial charge is 0.266 e. The van der Waals surface area contributed by atoms with Gasteiger partial charge in [0, 0.05) is 14.2 Å². The molecule has 0 radical (unpaired) electrons. The molecule has 0 spiro atoms. The number of ether oxygens (including phenoxy) is 2. The van der Waals surface area contributed by atoms with Crippen molar-refractivity contribution in [2.75, 3.05) is 27.0 Å². The lowest BCUT2D eigenvalue weighted by Gasteiger charge is -2.00. The van der Waals surface area contributed by atoms with Crippen LogP contribution in [0.25, 0.3) is 0 Å². The predicted molar refractivity (Wildman–Crippen MR) is 117 cm³/mol. The Morgan fingerprint density at radius 1 is 1.00 bits per heavy atom. The number of nitrogens with zero attached hydrogens (tertiary/aromatic N) is 2. The molecule has 0 saturated heterocycles. The molecule has 16 heteroatoms. The molecule has 2 amide bonds. The lowest BCUT2D eigenvalue weighted by Crippen LogP contribution is -3.00. The van der Waals surface area contributed by atoms with Crippen LogP contribution in [0.2, 0.25) is 20.4 Å². The first-order valence-corrected chi connectivity index (χ1v) is 10.0. The first-order chi connectivity index (χ1) is 12.7. The molecule has 3 N–H and O–H groups in total. The van der Waals surface area contributed by atoms with Crippen molar-refractivity contribution in [3.8, 4) is 0 Å². The van der Waals surface area contributed by atoms with Gasteiger partial charge in [0.1, 0.15) is 32.6 Å². The maximum Gasteiger partial charge on any atom is 0.266 e. The number of primary amides is 1. The fourth-order valence-electron chi connectivity index (χ4n) is 1.03. The van der Waals surface area contributed by atoms with E-state index >= 15 is 0 Å². The van der Waals surface area contributed by atoms with Crippen molar-refractivity contribution in [1.82, 2.24) is 14.1 Å². The zero-order valence-corrected chi connectivity index (χ0v) is 20.3. The molecule has 0 aliphatic rings.